The molecule has 72 heavy (non-hydrogen) atoms. The van der Waals surface area contributed by atoms with Crippen molar-refractivity contribution in [2.24, 2.45) is 0 Å². The van der Waals surface area contributed by atoms with Gasteiger partial charge in [-0.3, -0.25) is 24.0 Å². The number of aromatic amines is 1. The predicted molar refractivity (Wildman–Crippen MR) is 267 cm³/mol. The number of hydrogen-bond donors (Lipinski definition) is 10. The Hall–Kier alpha value is -8.03. The fourth-order valence-corrected chi connectivity index (χ4v) is 9.04. The molecule has 4 amide bonds. The van der Waals surface area contributed by atoms with Crippen molar-refractivity contribution < 1.29 is 48.5 Å². The maximum Gasteiger partial charge on any atom is 0.334 e. The standard InChI is InChI=1S/C52H60N10O10/c63-41(15-5-1-11-32-19-17-30-9-7-25-55-47(30)57-32)53-27-23-39(51(69)70)61-49(67)44-46(66)36-29-34(21-22-38(36)60-44)72-52(71)40(62-50(68)43-45(65)35-13-3-4-14-37(35)59-43)24-28-54-42(64)16-6-2-12-33-20-18-31-10-8-26-56-48(31)58-33/h3-4,13-14,17-22,29,39-40,43,59-60,66H,1-2,5-12,15-16,23-28H2,(H,53,63)(H,54,64)(H,55,57)(H,56,58)(H,61,67)(H,62,68)(H,69,70). The molecule has 2 aromatic carbocycles. The lowest BCUT2D eigenvalue weighted by atomic mass is 10.1. The topological polar surface area (TPSA) is 295 Å². The molecule has 6 heterocycles. The molecule has 20 nitrogen and oxygen atoms in total. The quantitative estimate of drug-likeness (QED) is 0.0187. The number of anilines is 3. The summed E-state index contributed by atoms with van der Waals surface area (Å²) < 4.78 is 5.68. The number of carboxylic acids is 1. The Bertz CT molecular complexity index is 2850. The molecule has 3 aliphatic heterocycles. The van der Waals surface area contributed by atoms with Gasteiger partial charge in [0, 0.05) is 67.0 Å². The number of para-hydroxylation sites is 1. The number of aromatic nitrogens is 3. The number of rotatable bonds is 23. The van der Waals surface area contributed by atoms with Crippen molar-refractivity contribution in [3.63, 3.8) is 0 Å². The summed E-state index contributed by atoms with van der Waals surface area (Å²) in [6.07, 6.45) is 8.52. The number of nitrogens with one attached hydrogen (secondary N) is 8. The number of nitrogens with zero attached hydrogens (tertiary/aromatic N) is 2. The minimum atomic E-state index is -1.41. The van der Waals surface area contributed by atoms with Gasteiger partial charge in [0.2, 0.25) is 11.8 Å². The van der Waals surface area contributed by atoms with Gasteiger partial charge in [-0.2, -0.15) is 0 Å². The number of ether oxygens (including phenoxy) is 1. The number of unbranched alkanes of at least 4 members (excludes halogenated alkanes) is 2. The van der Waals surface area contributed by atoms with Gasteiger partial charge in [0.1, 0.15) is 35.2 Å². The van der Waals surface area contributed by atoms with E-state index in [4.69, 9.17) is 9.72 Å². The SMILES string of the molecule is O=C(CCCCc1ccc2c(n1)NCCC2)NCCC(NC(=O)c1[nH]c2ccc(OC(=O)C(CCNC(=O)CCCCc3ccc4c(n3)NCCC4)NC(=O)C3Nc4ccccc4C3=O)cc2c1O)C(=O)O. The van der Waals surface area contributed by atoms with Crippen LogP contribution in [0.5, 0.6) is 11.5 Å². The van der Waals surface area contributed by atoms with Crippen LogP contribution < -0.4 is 42.0 Å². The van der Waals surface area contributed by atoms with Crippen LogP contribution in [-0.2, 0) is 49.7 Å². The molecule has 10 N–H and O–H groups in total. The minimum absolute atomic E-state index is 0.0181. The Morgan fingerprint density at radius 1 is 0.736 bits per heavy atom. The van der Waals surface area contributed by atoms with E-state index in [1.807, 2.05) is 12.1 Å². The van der Waals surface area contributed by atoms with E-state index in [1.54, 1.807) is 24.3 Å². The van der Waals surface area contributed by atoms with E-state index in [0.717, 1.165) is 81.1 Å². The van der Waals surface area contributed by atoms with E-state index in [9.17, 15) is 43.8 Å². The molecule has 3 unspecified atom stereocenters. The summed E-state index contributed by atoms with van der Waals surface area (Å²) in [6, 6.07) is 14.9. The summed E-state index contributed by atoms with van der Waals surface area (Å²) in [7, 11) is 0. The van der Waals surface area contributed by atoms with Gasteiger partial charge < -0.3 is 57.2 Å². The average molecular weight is 985 g/mol. The monoisotopic (exact) mass is 984 g/mol. The predicted octanol–water partition coefficient (Wildman–Crippen LogP) is 4.47. The molecule has 3 atom stereocenters. The molecule has 8 rings (SSSR count). The second-order valence-electron chi connectivity index (χ2n) is 18.3. The van der Waals surface area contributed by atoms with Crippen LogP contribution in [0.3, 0.4) is 0 Å². The molecule has 20 heteroatoms. The number of benzene rings is 2. The molecule has 0 spiro atoms. The van der Waals surface area contributed by atoms with E-state index in [1.165, 1.54) is 29.3 Å². The van der Waals surface area contributed by atoms with Crippen molar-refractivity contribution in [3.8, 4) is 11.5 Å². The van der Waals surface area contributed by atoms with Crippen molar-refractivity contribution in [3.05, 3.63) is 101 Å². The zero-order chi connectivity index (χ0) is 50.6. The van der Waals surface area contributed by atoms with Crippen LogP contribution in [0.1, 0.15) is 108 Å². The fraction of sp³-hybridized carbons (Fsp3) is 0.404. The van der Waals surface area contributed by atoms with Gasteiger partial charge in [0.05, 0.1) is 5.52 Å². The second-order valence-corrected chi connectivity index (χ2v) is 18.3. The first-order chi connectivity index (χ1) is 34.9. The Balaban J connectivity index is 0.825. The Morgan fingerprint density at radius 2 is 1.35 bits per heavy atom. The number of pyridine rings is 2. The summed E-state index contributed by atoms with van der Waals surface area (Å²) in [5, 5.41) is 41.2. The molecule has 3 aliphatic rings. The highest BCUT2D eigenvalue weighted by Crippen LogP contribution is 2.33. The van der Waals surface area contributed by atoms with Crippen LogP contribution in [0.25, 0.3) is 10.9 Å². The number of H-pyrrole nitrogens is 1. The molecule has 5 aromatic rings. The number of aromatic hydroxyl groups is 1. The van der Waals surface area contributed by atoms with Crippen molar-refractivity contribution in [1.29, 1.82) is 0 Å². The highest BCUT2D eigenvalue weighted by Gasteiger charge is 2.37. The highest BCUT2D eigenvalue weighted by atomic mass is 16.5. The Labute approximate surface area is 415 Å². The third-order valence-electron chi connectivity index (χ3n) is 13.0. The van der Waals surface area contributed by atoms with Gasteiger partial charge in [0.15, 0.2) is 17.6 Å². The van der Waals surface area contributed by atoms with Gasteiger partial charge in [-0.25, -0.2) is 19.6 Å². The van der Waals surface area contributed by atoms with E-state index >= 15 is 0 Å². The van der Waals surface area contributed by atoms with Crippen molar-refractivity contribution in [2.75, 3.05) is 42.1 Å². The summed E-state index contributed by atoms with van der Waals surface area (Å²) in [6.45, 7) is 1.76. The lowest BCUT2D eigenvalue weighted by Gasteiger charge is -2.20. The molecule has 0 aliphatic carbocycles. The van der Waals surface area contributed by atoms with Crippen LogP contribution in [0.15, 0.2) is 66.7 Å². The fourth-order valence-electron chi connectivity index (χ4n) is 9.04. The average Bonchev–Trinajstić information content (AvgIpc) is 3.90. The number of carboxylic acid groups (broad SMARTS) is 1. The van der Waals surface area contributed by atoms with E-state index in [-0.39, 0.29) is 72.9 Å². The second kappa shape index (κ2) is 23.7. The van der Waals surface area contributed by atoms with E-state index in [2.05, 4.69) is 59.3 Å². The molecule has 0 bridgehead atoms. The van der Waals surface area contributed by atoms with Crippen LogP contribution in [-0.4, -0.2) is 111 Å². The van der Waals surface area contributed by atoms with Crippen LogP contribution in [0.2, 0.25) is 0 Å². The minimum Gasteiger partial charge on any atom is -0.505 e. The third kappa shape index (κ3) is 12.8. The van der Waals surface area contributed by atoms with Crippen molar-refractivity contribution in [2.45, 2.75) is 108 Å². The maximum atomic E-state index is 13.8. The lowest BCUT2D eigenvalue weighted by molar-refractivity contribution is -0.140. The number of Topliss-reactive ketones (excluding diaryl/α,β-unsaturated/α-hetero) is 1. The van der Waals surface area contributed by atoms with Gasteiger partial charge >= 0.3 is 11.9 Å². The summed E-state index contributed by atoms with van der Waals surface area (Å²) in [4.78, 5) is 104. The smallest absolute Gasteiger partial charge is 0.334 e. The first-order valence-electron chi connectivity index (χ1n) is 24.7. The largest absolute Gasteiger partial charge is 0.505 e. The zero-order valence-electron chi connectivity index (χ0n) is 39.9. The molecule has 0 radical (unpaired) electrons. The number of aliphatic carboxylic acids is 1. The summed E-state index contributed by atoms with van der Waals surface area (Å²) in [5.74, 6) is -3.75. The molecular weight excluding hydrogens is 925 g/mol. The maximum absolute atomic E-state index is 13.8. The normalized spacial score (nSPS) is 15.3. The Morgan fingerprint density at radius 3 is 1.96 bits per heavy atom. The summed E-state index contributed by atoms with van der Waals surface area (Å²) >= 11 is 0. The van der Waals surface area contributed by atoms with Gasteiger partial charge in [-0.1, -0.05) is 24.3 Å². The van der Waals surface area contributed by atoms with Crippen LogP contribution in [0.4, 0.5) is 17.3 Å². The number of esters is 1. The number of carbonyl (C=O) groups is 7. The number of carbonyl (C=O) groups excluding carboxylic acids is 6. The van der Waals surface area contributed by atoms with E-state index in [0.29, 0.717) is 30.5 Å². The van der Waals surface area contributed by atoms with Crippen LogP contribution in [0, 0.1) is 0 Å². The molecular formula is C52H60N10O10. The first kappa shape index (κ1) is 50.4. The number of ketones is 1. The molecule has 3 aromatic heterocycles. The lowest BCUT2D eigenvalue weighted by Crippen LogP contribution is -2.51. The number of amides is 4. The molecule has 0 fully saturated rings. The number of hydrogen-bond acceptors (Lipinski definition) is 14. The van der Waals surface area contributed by atoms with Gasteiger partial charge in [0.25, 0.3) is 11.8 Å². The van der Waals surface area contributed by atoms with Crippen LogP contribution >= 0.6 is 0 Å². The first-order valence-corrected chi connectivity index (χ1v) is 24.7. The third-order valence-corrected chi connectivity index (χ3v) is 13.0. The zero-order valence-corrected chi connectivity index (χ0v) is 39.9. The number of aryl methyl sites for hydroxylation is 4. The van der Waals surface area contributed by atoms with Crippen molar-refractivity contribution >= 4 is 69.6 Å². The Kier molecular flexibility index (Phi) is 16.6. The number of fused-ring (bicyclic) bond motifs is 4. The summed E-state index contributed by atoms with van der Waals surface area (Å²) in [5.41, 5.74) is 5.02. The van der Waals surface area contributed by atoms with Gasteiger partial charge in [-0.15, -0.1) is 0 Å². The highest BCUT2D eigenvalue weighted by molar-refractivity contribution is 6.21. The van der Waals surface area contributed by atoms with Gasteiger partial charge in [-0.05, 0) is 131 Å². The van der Waals surface area contributed by atoms with Crippen molar-refractivity contribution in [1.82, 2.24) is 36.2 Å². The molecule has 0 saturated heterocycles. The molecule has 378 valence electrons. The molecule has 0 saturated carbocycles. The van der Waals surface area contributed by atoms with E-state index < -0.39 is 53.4 Å².